The van der Waals surface area contributed by atoms with Crippen molar-refractivity contribution >= 4 is 11.5 Å². The molecule has 100 valence electrons. The average molecular weight is 248 g/mol. The van der Waals surface area contributed by atoms with Gasteiger partial charge in [-0.15, -0.1) is 0 Å². The number of aromatic nitrogens is 1. The molecule has 1 saturated heterocycles. The number of pyridine rings is 1. The molecule has 1 aliphatic rings. The van der Waals surface area contributed by atoms with Crippen LogP contribution in [0.5, 0.6) is 0 Å². The van der Waals surface area contributed by atoms with Crippen LogP contribution in [-0.2, 0) is 0 Å². The minimum absolute atomic E-state index is 0.568. The van der Waals surface area contributed by atoms with Gasteiger partial charge in [0.05, 0.1) is 0 Å². The molecule has 0 radical (unpaired) electrons. The maximum absolute atomic E-state index is 5.40. The van der Waals surface area contributed by atoms with E-state index in [1.165, 1.54) is 31.4 Å². The molecule has 0 saturated carbocycles. The van der Waals surface area contributed by atoms with Gasteiger partial charge < -0.3 is 10.3 Å². The van der Waals surface area contributed by atoms with Crippen molar-refractivity contribution in [3.63, 3.8) is 0 Å². The summed E-state index contributed by atoms with van der Waals surface area (Å²) in [6.45, 7) is 6.91. The van der Waals surface area contributed by atoms with Crippen molar-refractivity contribution in [3.8, 4) is 0 Å². The zero-order chi connectivity index (χ0) is 13.0. The number of nitrogen functional groups attached to an aromatic ring is 1. The number of nitrogens with zero attached hydrogens (tertiary/aromatic N) is 2. The second kappa shape index (κ2) is 5.57. The number of piperidine rings is 1. The first-order valence-electron chi connectivity index (χ1n) is 6.90. The van der Waals surface area contributed by atoms with Gasteiger partial charge in [0.15, 0.2) is 0 Å². The highest BCUT2D eigenvalue weighted by atomic mass is 15.3. The number of hydrogen-bond donors (Lipinski definition) is 2. The molecule has 4 heteroatoms. The third-order valence-electron chi connectivity index (χ3n) is 4.58. The third kappa shape index (κ3) is 2.58. The van der Waals surface area contributed by atoms with Crippen molar-refractivity contribution in [2.24, 2.45) is 11.3 Å². The Morgan fingerprint density at radius 2 is 2.00 bits per heavy atom. The van der Waals surface area contributed by atoms with Gasteiger partial charge >= 0.3 is 0 Å². The van der Waals surface area contributed by atoms with E-state index in [1.54, 1.807) is 0 Å². The normalized spacial score (nSPS) is 18.7. The highest BCUT2D eigenvalue weighted by molar-refractivity contribution is 5.53. The molecule has 0 amide bonds. The lowest BCUT2D eigenvalue weighted by atomic mass is 9.74. The van der Waals surface area contributed by atoms with Gasteiger partial charge in [0.2, 0.25) is 0 Å². The summed E-state index contributed by atoms with van der Waals surface area (Å²) >= 11 is 0. The van der Waals surface area contributed by atoms with E-state index in [2.05, 4.69) is 35.2 Å². The Morgan fingerprint density at radius 3 is 2.56 bits per heavy atom. The summed E-state index contributed by atoms with van der Waals surface area (Å²) in [4.78, 5) is 6.59. The highest BCUT2D eigenvalue weighted by Crippen LogP contribution is 2.39. The number of hydrazine groups is 1. The summed E-state index contributed by atoms with van der Waals surface area (Å²) in [7, 11) is 0. The number of hydrogen-bond acceptors (Lipinski definition) is 4. The molecule has 0 spiro atoms. The van der Waals surface area contributed by atoms with Crippen LogP contribution >= 0.6 is 0 Å². The highest BCUT2D eigenvalue weighted by Gasteiger charge is 2.31. The van der Waals surface area contributed by atoms with Crippen LogP contribution in [0.1, 0.15) is 39.5 Å². The summed E-state index contributed by atoms with van der Waals surface area (Å²) in [5.41, 5.74) is 4.40. The number of anilines is 2. The Morgan fingerprint density at radius 1 is 1.33 bits per heavy atom. The molecular weight excluding hydrogens is 224 g/mol. The minimum atomic E-state index is 0.568. The first kappa shape index (κ1) is 13.1. The van der Waals surface area contributed by atoms with Crippen molar-refractivity contribution in [3.05, 3.63) is 18.3 Å². The van der Waals surface area contributed by atoms with Crippen LogP contribution in [0, 0.1) is 5.41 Å². The standard InChI is InChI=1S/C14H24N4/c1-3-14(4-2)6-9-18(10-7-14)12-5-8-16-13(11-12)17-15/h5,8,11H,3-4,6-7,9-10,15H2,1-2H3,(H,16,17). The summed E-state index contributed by atoms with van der Waals surface area (Å²) in [5.74, 6) is 6.14. The third-order valence-corrected chi connectivity index (χ3v) is 4.58. The molecule has 1 fully saturated rings. The molecule has 1 aromatic rings. The van der Waals surface area contributed by atoms with Crippen molar-refractivity contribution in [1.82, 2.24) is 4.98 Å². The largest absolute Gasteiger partial charge is 0.371 e. The zero-order valence-electron chi connectivity index (χ0n) is 11.4. The monoisotopic (exact) mass is 248 g/mol. The zero-order valence-corrected chi connectivity index (χ0v) is 11.4. The van der Waals surface area contributed by atoms with Gasteiger partial charge in [0.25, 0.3) is 0 Å². The van der Waals surface area contributed by atoms with Crippen LogP contribution in [0.15, 0.2) is 18.3 Å². The molecule has 1 aliphatic heterocycles. The van der Waals surface area contributed by atoms with Crippen LogP contribution in [0.4, 0.5) is 11.5 Å². The van der Waals surface area contributed by atoms with Gasteiger partial charge in [-0.2, -0.15) is 0 Å². The predicted octanol–water partition coefficient (Wildman–Crippen LogP) is 2.77. The van der Waals surface area contributed by atoms with Crippen molar-refractivity contribution in [2.45, 2.75) is 39.5 Å². The Labute approximate surface area is 110 Å². The molecule has 2 rings (SSSR count). The molecule has 3 N–H and O–H groups in total. The Kier molecular flexibility index (Phi) is 4.07. The summed E-state index contributed by atoms with van der Waals surface area (Å²) < 4.78 is 0. The molecule has 0 bridgehead atoms. The molecule has 18 heavy (non-hydrogen) atoms. The Balaban J connectivity index is 2.04. The average Bonchev–Trinajstić information content (AvgIpc) is 2.47. The van der Waals surface area contributed by atoms with Crippen molar-refractivity contribution in [2.75, 3.05) is 23.4 Å². The minimum Gasteiger partial charge on any atom is -0.371 e. The number of nitrogens with two attached hydrogens (primary N) is 1. The van der Waals surface area contributed by atoms with E-state index in [0.29, 0.717) is 5.41 Å². The lowest BCUT2D eigenvalue weighted by Crippen LogP contribution is -2.39. The molecule has 0 aliphatic carbocycles. The van der Waals surface area contributed by atoms with E-state index < -0.39 is 0 Å². The molecule has 0 unspecified atom stereocenters. The predicted molar refractivity (Wildman–Crippen MR) is 76.5 cm³/mol. The summed E-state index contributed by atoms with van der Waals surface area (Å²) in [6, 6.07) is 4.08. The fourth-order valence-electron chi connectivity index (χ4n) is 2.89. The van der Waals surface area contributed by atoms with E-state index in [1.807, 2.05) is 12.3 Å². The van der Waals surface area contributed by atoms with E-state index in [-0.39, 0.29) is 0 Å². The molecule has 4 nitrogen and oxygen atoms in total. The second-order valence-corrected chi connectivity index (χ2v) is 5.24. The number of rotatable bonds is 4. The van der Waals surface area contributed by atoms with Gasteiger partial charge in [-0.3, -0.25) is 0 Å². The maximum atomic E-state index is 5.40. The smallest absolute Gasteiger partial charge is 0.141 e. The van der Waals surface area contributed by atoms with E-state index in [0.717, 1.165) is 18.9 Å². The van der Waals surface area contributed by atoms with Crippen LogP contribution in [0.25, 0.3) is 0 Å². The lowest BCUT2D eigenvalue weighted by Gasteiger charge is -2.42. The van der Waals surface area contributed by atoms with Gasteiger partial charge in [-0.05, 0) is 24.3 Å². The maximum Gasteiger partial charge on any atom is 0.141 e. The summed E-state index contributed by atoms with van der Waals surface area (Å²) in [6.07, 6.45) is 6.97. The van der Waals surface area contributed by atoms with Gasteiger partial charge in [-0.1, -0.05) is 26.7 Å². The first-order chi connectivity index (χ1) is 8.73. The van der Waals surface area contributed by atoms with E-state index in [4.69, 9.17) is 5.84 Å². The van der Waals surface area contributed by atoms with Crippen LogP contribution in [0.3, 0.4) is 0 Å². The van der Waals surface area contributed by atoms with Gasteiger partial charge in [0, 0.05) is 31.0 Å². The van der Waals surface area contributed by atoms with Crippen molar-refractivity contribution in [1.29, 1.82) is 0 Å². The fourth-order valence-corrected chi connectivity index (χ4v) is 2.89. The fraction of sp³-hybridized carbons (Fsp3) is 0.643. The van der Waals surface area contributed by atoms with Crippen LogP contribution < -0.4 is 16.2 Å². The SMILES string of the molecule is CCC1(CC)CCN(c2ccnc(NN)c2)CC1. The van der Waals surface area contributed by atoms with Gasteiger partial charge in [0.1, 0.15) is 5.82 Å². The lowest BCUT2D eigenvalue weighted by molar-refractivity contribution is 0.199. The topological polar surface area (TPSA) is 54.2 Å². The molecule has 2 heterocycles. The molecular formula is C14H24N4. The summed E-state index contributed by atoms with van der Waals surface area (Å²) in [5, 5.41) is 0. The molecule has 0 atom stereocenters. The number of nitrogens with one attached hydrogen (secondary N) is 1. The van der Waals surface area contributed by atoms with Crippen molar-refractivity contribution < 1.29 is 0 Å². The van der Waals surface area contributed by atoms with Crippen LogP contribution in [0.2, 0.25) is 0 Å². The van der Waals surface area contributed by atoms with Gasteiger partial charge in [-0.25, -0.2) is 10.8 Å². The van der Waals surface area contributed by atoms with E-state index >= 15 is 0 Å². The van der Waals surface area contributed by atoms with Crippen LogP contribution in [-0.4, -0.2) is 18.1 Å². The Hall–Kier alpha value is -1.29. The van der Waals surface area contributed by atoms with E-state index in [9.17, 15) is 0 Å². The molecule has 0 aromatic carbocycles. The quantitative estimate of drug-likeness (QED) is 0.635. The Bertz CT molecular complexity index is 377. The molecule has 1 aromatic heterocycles. The second-order valence-electron chi connectivity index (χ2n) is 5.24. The first-order valence-corrected chi connectivity index (χ1v) is 6.90.